The van der Waals surface area contributed by atoms with Crippen LogP contribution in [0.2, 0.25) is 0 Å². The van der Waals surface area contributed by atoms with Gasteiger partial charge in [0.2, 0.25) is 5.82 Å². The van der Waals surface area contributed by atoms with Gasteiger partial charge < -0.3 is 10.4 Å². The van der Waals surface area contributed by atoms with Gasteiger partial charge in [-0.1, -0.05) is 26.7 Å². The third-order valence-electron chi connectivity index (χ3n) is 3.85. The van der Waals surface area contributed by atoms with Crippen molar-refractivity contribution in [3.05, 3.63) is 11.6 Å². The highest BCUT2D eigenvalue weighted by Gasteiger charge is 2.41. The molecule has 1 heterocycles. The number of carbonyl (C=O) groups excluding carboxylic acids is 1. The number of amides is 1. The first-order valence-electron chi connectivity index (χ1n) is 6.88. The molecule has 20 heavy (non-hydrogen) atoms. The molecule has 1 aromatic heterocycles. The van der Waals surface area contributed by atoms with Crippen LogP contribution < -0.4 is 5.32 Å². The highest BCUT2D eigenvalue weighted by Crippen LogP contribution is 2.37. The zero-order chi connectivity index (χ0) is 14.8. The van der Waals surface area contributed by atoms with Gasteiger partial charge in [0.15, 0.2) is 0 Å². The van der Waals surface area contributed by atoms with Crippen molar-refractivity contribution in [2.24, 2.45) is 5.41 Å². The Labute approximate surface area is 117 Å². The Morgan fingerprint density at radius 3 is 2.55 bits per heavy atom. The van der Waals surface area contributed by atoms with Crippen LogP contribution in [0.4, 0.5) is 0 Å². The molecule has 1 fully saturated rings. The minimum atomic E-state index is -0.840. The van der Waals surface area contributed by atoms with Gasteiger partial charge in [-0.2, -0.15) is 0 Å². The standard InChI is InChI=1S/C13H20N4O3/c1-8(2)9-15-10(17-16-9)11(18)14-7-13(12(19)20)5-3-4-6-13/h8H,3-7H2,1-2H3,(H,14,18)(H,19,20)(H,15,16,17). The lowest BCUT2D eigenvalue weighted by Gasteiger charge is -2.23. The number of carboxylic acid groups (broad SMARTS) is 1. The largest absolute Gasteiger partial charge is 0.481 e. The summed E-state index contributed by atoms with van der Waals surface area (Å²) in [7, 11) is 0. The van der Waals surface area contributed by atoms with Crippen molar-refractivity contribution in [1.29, 1.82) is 0 Å². The lowest BCUT2D eigenvalue weighted by molar-refractivity contribution is -0.148. The molecule has 0 atom stereocenters. The maximum absolute atomic E-state index is 12.0. The van der Waals surface area contributed by atoms with Crippen LogP contribution in [-0.4, -0.2) is 38.7 Å². The van der Waals surface area contributed by atoms with E-state index in [0.29, 0.717) is 18.7 Å². The summed E-state index contributed by atoms with van der Waals surface area (Å²) in [6, 6.07) is 0. The fourth-order valence-electron chi connectivity index (χ4n) is 2.48. The van der Waals surface area contributed by atoms with Gasteiger partial charge in [-0.15, -0.1) is 5.10 Å². The van der Waals surface area contributed by atoms with Crippen molar-refractivity contribution in [3.63, 3.8) is 0 Å². The Morgan fingerprint density at radius 1 is 1.40 bits per heavy atom. The minimum Gasteiger partial charge on any atom is -0.481 e. The summed E-state index contributed by atoms with van der Waals surface area (Å²) in [5.74, 6) is -0.408. The fraction of sp³-hybridized carbons (Fsp3) is 0.692. The van der Waals surface area contributed by atoms with E-state index in [1.165, 1.54) is 0 Å². The summed E-state index contributed by atoms with van der Waals surface area (Å²) in [6.07, 6.45) is 2.99. The summed E-state index contributed by atoms with van der Waals surface area (Å²) >= 11 is 0. The molecule has 0 spiro atoms. The molecule has 7 heteroatoms. The monoisotopic (exact) mass is 280 g/mol. The molecule has 1 aromatic rings. The Morgan fingerprint density at radius 2 is 2.05 bits per heavy atom. The first-order valence-corrected chi connectivity index (χ1v) is 6.88. The van der Waals surface area contributed by atoms with Crippen molar-refractivity contribution in [2.75, 3.05) is 6.54 Å². The van der Waals surface area contributed by atoms with E-state index in [0.717, 1.165) is 12.8 Å². The molecule has 0 saturated heterocycles. The smallest absolute Gasteiger partial charge is 0.311 e. The SMILES string of the molecule is CC(C)c1nc(C(=O)NCC2(C(=O)O)CCCC2)n[nH]1. The zero-order valence-corrected chi connectivity index (χ0v) is 11.8. The summed E-state index contributed by atoms with van der Waals surface area (Å²) in [5, 5.41) is 18.5. The molecular formula is C13H20N4O3. The topological polar surface area (TPSA) is 108 Å². The second kappa shape index (κ2) is 5.60. The highest BCUT2D eigenvalue weighted by molar-refractivity contribution is 5.90. The van der Waals surface area contributed by atoms with Crippen LogP contribution in [0.15, 0.2) is 0 Å². The van der Waals surface area contributed by atoms with Crippen LogP contribution in [-0.2, 0) is 4.79 Å². The van der Waals surface area contributed by atoms with Crippen LogP contribution in [0.25, 0.3) is 0 Å². The predicted octanol–water partition coefficient (Wildman–Crippen LogP) is 1.30. The maximum Gasteiger partial charge on any atom is 0.311 e. The first-order chi connectivity index (χ1) is 9.44. The lowest BCUT2D eigenvalue weighted by atomic mass is 9.86. The molecular weight excluding hydrogens is 260 g/mol. The maximum atomic E-state index is 12.0. The molecule has 0 aromatic carbocycles. The molecule has 7 nitrogen and oxygen atoms in total. The Bertz CT molecular complexity index is 503. The van der Waals surface area contributed by atoms with Gasteiger partial charge in [-0.25, -0.2) is 4.98 Å². The van der Waals surface area contributed by atoms with Gasteiger partial charge in [0.05, 0.1) is 5.41 Å². The second-order valence-electron chi connectivity index (χ2n) is 5.67. The van der Waals surface area contributed by atoms with E-state index in [-0.39, 0.29) is 18.3 Å². The van der Waals surface area contributed by atoms with Gasteiger partial charge in [-0.05, 0) is 12.8 Å². The van der Waals surface area contributed by atoms with Gasteiger partial charge in [0.1, 0.15) is 5.82 Å². The number of rotatable bonds is 5. The van der Waals surface area contributed by atoms with E-state index in [4.69, 9.17) is 0 Å². The van der Waals surface area contributed by atoms with Crippen molar-refractivity contribution < 1.29 is 14.7 Å². The number of aliphatic carboxylic acids is 1. The van der Waals surface area contributed by atoms with Crippen molar-refractivity contribution in [1.82, 2.24) is 20.5 Å². The predicted molar refractivity (Wildman–Crippen MR) is 71.3 cm³/mol. The van der Waals surface area contributed by atoms with Gasteiger partial charge in [-0.3, -0.25) is 14.7 Å². The number of aromatic amines is 1. The molecule has 0 radical (unpaired) electrons. The summed E-state index contributed by atoms with van der Waals surface area (Å²) < 4.78 is 0. The van der Waals surface area contributed by atoms with Crippen LogP contribution >= 0.6 is 0 Å². The second-order valence-corrected chi connectivity index (χ2v) is 5.67. The minimum absolute atomic E-state index is 0.0623. The Hall–Kier alpha value is -1.92. The number of hydrogen-bond acceptors (Lipinski definition) is 4. The number of nitrogens with one attached hydrogen (secondary N) is 2. The molecule has 0 unspecified atom stereocenters. The normalized spacial score (nSPS) is 17.4. The van der Waals surface area contributed by atoms with Crippen LogP contribution in [0.5, 0.6) is 0 Å². The molecule has 2 rings (SSSR count). The quantitative estimate of drug-likeness (QED) is 0.753. The Balaban J connectivity index is 1.99. The zero-order valence-electron chi connectivity index (χ0n) is 11.8. The van der Waals surface area contributed by atoms with Gasteiger partial charge in [0.25, 0.3) is 5.91 Å². The third-order valence-corrected chi connectivity index (χ3v) is 3.85. The van der Waals surface area contributed by atoms with E-state index in [1.807, 2.05) is 13.8 Å². The summed E-state index contributed by atoms with van der Waals surface area (Å²) in [6.45, 7) is 4.02. The molecule has 3 N–H and O–H groups in total. The van der Waals surface area contributed by atoms with Crippen LogP contribution in [0.3, 0.4) is 0 Å². The number of nitrogens with zero attached hydrogens (tertiary/aromatic N) is 2. The number of aromatic nitrogens is 3. The molecule has 0 aliphatic heterocycles. The summed E-state index contributed by atoms with van der Waals surface area (Å²) in [4.78, 5) is 27.4. The van der Waals surface area contributed by atoms with Gasteiger partial charge in [0, 0.05) is 12.5 Å². The van der Waals surface area contributed by atoms with E-state index >= 15 is 0 Å². The van der Waals surface area contributed by atoms with Crippen molar-refractivity contribution in [2.45, 2.75) is 45.4 Å². The number of carbonyl (C=O) groups is 2. The lowest BCUT2D eigenvalue weighted by Crippen LogP contribution is -2.41. The summed E-state index contributed by atoms with van der Waals surface area (Å²) in [5.41, 5.74) is -0.827. The number of H-pyrrole nitrogens is 1. The Kier molecular flexibility index (Phi) is 4.06. The molecule has 1 aliphatic rings. The van der Waals surface area contributed by atoms with Crippen LogP contribution in [0.1, 0.15) is 61.9 Å². The van der Waals surface area contributed by atoms with Crippen molar-refractivity contribution in [3.8, 4) is 0 Å². The molecule has 1 amide bonds. The molecule has 0 bridgehead atoms. The molecule has 1 saturated carbocycles. The van der Waals surface area contributed by atoms with E-state index in [9.17, 15) is 14.7 Å². The average Bonchev–Trinajstić information content (AvgIpc) is 3.06. The van der Waals surface area contributed by atoms with Crippen LogP contribution in [0, 0.1) is 5.41 Å². The van der Waals surface area contributed by atoms with E-state index in [2.05, 4.69) is 20.5 Å². The number of hydrogen-bond donors (Lipinski definition) is 3. The number of carboxylic acids is 1. The van der Waals surface area contributed by atoms with E-state index in [1.54, 1.807) is 0 Å². The molecule has 110 valence electrons. The highest BCUT2D eigenvalue weighted by atomic mass is 16.4. The van der Waals surface area contributed by atoms with Gasteiger partial charge >= 0.3 is 5.97 Å². The average molecular weight is 280 g/mol. The van der Waals surface area contributed by atoms with Crippen molar-refractivity contribution >= 4 is 11.9 Å². The fourth-order valence-corrected chi connectivity index (χ4v) is 2.48. The molecule has 1 aliphatic carbocycles. The first kappa shape index (κ1) is 14.5. The third kappa shape index (κ3) is 2.81. The van der Waals surface area contributed by atoms with E-state index < -0.39 is 17.3 Å².